The minimum Gasteiger partial charge on any atom is -0.478 e. The second-order valence-corrected chi connectivity index (χ2v) is 6.06. The van der Waals surface area contributed by atoms with E-state index >= 15 is 0 Å². The van der Waals surface area contributed by atoms with Gasteiger partial charge in [-0.25, -0.2) is 9.67 Å². The molecule has 0 aliphatic rings. The summed E-state index contributed by atoms with van der Waals surface area (Å²) in [6.45, 7) is 3.77. The highest BCUT2D eigenvalue weighted by atomic mass is 16.5. The first-order valence-corrected chi connectivity index (χ1v) is 8.58. The summed E-state index contributed by atoms with van der Waals surface area (Å²) in [6, 6.07) is 6.61. The molecule has 0 saturated carbocycles. The van der Waals surface area contributed by atoms with Gasteiger partial charge in [0.2, 0.25) is 11.8 Å². The van der Waals surface area contributed by atoms with E-state index in [0.29, 0.717) is 24.7 Å². The third-order valence-electron chi connectivity index (χ3n) is 3.57. The van der Waals surface area contributed by atoms with Gasteiger partial charge in [0.25, 0.3) is 5.56 Å². The number of amides is 1. The summed E-state index contributed by atoms with van der Waals surface area (Å²) in [6.07, 6.45) is 2.56. The molecule has 0 aliphatic heterocycles. The lowest BCUT2D eigenvalue weighted by Crippen LogP contribution is -2.33. The van der Waals surface area contributed by atoms with Gasteiger partial charge >= 0.3 is 0 Å². The molecule has 8 nitrogen and oxygen atoms in total. The van der Waals surface area contributed by atoms with Crippen LogP contribution in [0.5, 0.6) is 5.88 Å². The summed E-state index contributed by atoms with van der Waals surface area (Å²) in [5.41, 5.74) is 0.990. The second-order valence-electron chi connectivity index (χ2n) is 6.06. The summed E-state index contributed by atoms with van der Waals surface area (Å²) in [5.74, 6) is 0.294. The Hall–Kier alpha value is -2.74. The van der Waals surface area contributed by atoms with Crippen molar-refractivity contribution >= 4 is 5.91 Å². The molecular formula is C18H25N5O3. The van der Waals surface area contributed by atoms with Gasteiger partial charge in [-0.3, -0.25) is 9.59 Å². The van der Waals surface area contributed by atoms with Crippen LogP contribution in [0.4, 0.5) is 0 Å². The lowest BCUT2D eigenvalue weighted by atomic mass is 10.2. The number of nitrogens with one attached hydrogen (secondary N) is 1. The molecule has 26 heavy (non-hydrogen) atoms. The van der Waals surface area contributed by atoms with Crippen LogP contribution in [0, 0.1) is 0 Å². The summed E-state index contributed by atoms with van der Waals surface area (Å²) in [5, 5.41) is 6.89. The van der Waals surface area contributed by atoms with Gasteiger partial charge in [0.15, 0.2) is 0 Å². The zero-order valence-electron chi connectivity index (χ0n) is 15.4. The van der Waals surface area contributed by atoms with Crippen LogP contribution in [0.25, 0.3) is 11.3 Å². The topological polar surface area (TPSA) is 89.3 Å². The van der Waals surface area contributed by atoms with Gasteiger partial charge in [-0.2, -0.15) is 5.10 Å². The fourth-order valence-corrected chi connectivity index (χ4v) is 2.28. The average molecular weight is 359 g/mol. The van der Waals surface area contributed by atoms with Crippen molar-refractivity contribution < 1.29 is 9.53 Å². The van der Waals surface area contributed by atoms with Crippen LogP contribution >= 0.6 is 0 Å². The number of nitrogens with zero attached hydrogens (tertiary/aromatic N) is 4. The van der Waals surface area contributed by atoms with Crippen molar-refractivity contribution in [1.29, 1.82) is 0 Å². The highest BCUT2D eigenvalue weighted by Crippen LogP contribution is 2.17. The number of hydrogen-bond donors (Lipinski definition) is 1. The second kappa shape index (κ2) is 9.67. The first-order valence-electron chi connectivity index (χ1n) is 8.58. The first-order chi connectivity index (χ1) is 12.5. The maximum absolute atomic E-state index is 11.9. The molecule has 0 spiro atoms. The van der Waals surface area contributed by atoms with E-state index in [1.54, 1.807) is 18.3 Å². The van der Waals surface area contributed by atoms with Crippen molar-refractivity contribution in [3.8, 4) is 17.1 Å². The maximum Gasteiger partial charge on any atom is 0.267 e. The Kier molecular flexibility index (Phi) is 7.28. The van der Waals surface area contributed by atoms with Gasteiger partial charge in [-0.15, -0.1) is 0 Å². The van der Waals surface area contributed by atoms with Crippen LogP contribution in [-0.2, 0) is 11.3 Å². The Morgan fingerprint density at radius 3 is 2.73 bits per heavy atom. The van der Waals surface area contributed by atoms with Crippen molar-refractivity contribution in [3.05, 3.63) is 40.8 Å². The molecule has 1 N–H and O–H groups in total. The molecule has 0 saturated heterocycles. The van der Waals surface area contributed by atoms with E-state index in [0.717, 1.165) is 23.2 Å². The lowest BCUT2D eigenvalue weighted by Gasteiger charge is -2.10. The van der Waals surface area contributed by atoms with Gasteiger partial charge in [0.1, 0.15) is 6.54 Å². The molecule has 2 aromatic heterocycles. The lowest BCUT2D eigenvalue weighted by molar-refractivity contribution is -0.121. The van der Waals surface area contributed by atoms with E-state index < -0.39 is 0 Å². The van der Waals surface area contributed by atoms with Crippen molar-refractivity contribution in [3.63, 3.8) is 0 Å². The van der Waals surface area contributed by atoms with Gasteiger partial charge < -0.3 is 15.0 Å². The SMILES string of the molecule is CCNC(=O)Cn1nc(-c2ccc(OCCCN(C)C)nc2)ccc1=O. The number of rotatable bonds is 9. The minimum atomic E-state index is -0.325. The predicted octanol–water partition coefficient (Wildman–Crippen LogP) is 0.772. The molecule has 140 valence electrons. The molecule has 8 heteroatoms. The average Bonchev–Trinajstić information content (AvgIpc) is 2.61. The van der Waals surface area contributed by atoms with E-state index in [9.17, 15) is 9.59 Å². The molecule has 0 atom stereocenters. The van der Waals surface area contributed by atoms with E-state index in [1.165, 1.54) is 6.07 Å². The number of pyridine rings is 1. The summed E-state index contributed by atoms with van der Waals surface area (Å²) >= 11 is 0. The van der Waals surface area contributed by atoms with Crippen LogP contribution in [0.3, 0.4) is 0 Å². The van der Waals surface area contributed by atoms with Crippen molar-refractivity contribution in [2.24, 2.45) is 0 Å². The Labute approximate surface area is 152 Å². The van der Waals surface area contributed by atoms with E-state index in [-0.39, 0.29) is 18.0 Å². The normalized spacial score (nSPS) is 10.8. The van der Waals surface area contributed by atoms with Crippen LogP contribution < -0.4 is 15.6 Å². The Balaban J connectivity index is 2.04. The van der Waals surface area contributed by atoms with Crippen LogP contribution in [0.1, 0.15) is 13.3 Å². The van der Waals surface area contributed by atoms with E-state index in [1.807, 2.05) is 27.1 Å². The Morgan fingerprint density at radius 1 is 1.27 bits per heavy atom. The summed E-state index contributed by atoms with van der Waals surface area (Å²) in [4.78, 5) is 29.9. The molecule has 0 unspecified atom stereocenters. The molecule has 0 aromatic carbocycles. The minimum absolute atomic E-state index is 0.110. The van der Waals surface area contributed by atoms with Gasteiger partial charge in [0.05, 0.1) is 12.3 Å². The number of carbonyl (C=O) groups is 1. The number of ether oxygens (including phenoxy) is 1. The standard InChI is InChI=1S/C18H25N5O3/c1-4-19-16(24)13-23-18(25)9-7-15(21-23)14-6-8-17(20-12-14)26-11-5-10-22(2)3/h6-9,12H,4-5,10-11,13H2,1-3H3,(H,19,24). The smallest absolute Gasteiger partial charge is 0.267 e. The van der Waals surface area contributed by atoms with Crippen molar-refractivity contribution in [1.82, 2.24) is 25.0 Å². The molecule has 0 radical (unpaired) electrons. The van der Waals surface area contributed by atoms with Gasteiger partial charge in [-0.1, -0.05) is 0 Å². The zero-order chi connectivity index (χ0) is 18.9. The predicted molar refractivity (Wildman–Crippen MR) is 99.1 cm³/mol. The fourth-order valence-electron chi connectivity index (χ4n) is 2.28. The highest BCUT2D eigenvalue weighted by molar-refractivity contribution is 5.75. The third-order valence-corrected chi connectivity index (χ3v) is 3.57. The highest BCUT2D eigenvalue weighted by Gasteiger charge is 2.08. The molecule has 0 aliphatic carbocycles. The summed E-state index contributed by atoms with van der Waals surface area (Å²) < 4.78 is 6.75. The number of carbonyl (C=O) groups excluding carboxylic acids is 1. The first kappa shape index (κ1) is 19.6. The third kappa shape index (κ3) is 5.96. The molecule has 1 amide bonds. The fraction of sp³-hybridized carbons (Fsp3) is 0.444. The molecule has 2 heterocycles. The monoisotopic (exact) mass is 359 g/mol. The van der Waals surface area contributed by atoms with E-state index in [2.05, 4.69) is 20.3 Å². The van der Waals surface area contributed by atoms with Crippen LogP contribution in [0.2, 0.25) is 0 Å². The van der Waals surface area contributed by atoms with Crippen molar-refractivity contribution in [2.45, 2.75) is 19.9 Å². The maximum atomic E-state index is 11.9. The van der Waals surface area contributed by atoms with Crippen LogP contribution in [0.15, 0.2) is 35.3 Å². The largest absolute Gasteiger partial charge is 0.478 e. The molecular weight excluding hydrogens is 334 g/mol. The van der Waals surface area contributed by atoms with E-state index in [4.69, 9.17) is 4.74 Å². The number of hydrogen-bond acceptors (Lipinski definition) is 6. The molecule has 0 bridgehead atoms. The Bertz CT molecular complexity index is 771. The van der Waals surface area contributed by atoms with Crippen LogP contribution in [-0.4, -0.2) is 59.4 Å². The quantitative estimate of drug-likeness (QED) is 0.665. The zero-order valence-corrected chi connectivity index (χ0v) is 15.4. The molecule has 2 rings (SSSR count). The molecule has 2 aromatic rings. The Morgan fingerprint density at radius 2 is 2.08 bits per heavy atom. The molecule has 0 fully saturated rings. The summed E-state index contributed by atoms with van der Waals surface area (Å²) in [7, 11) is 4.04. The van der Waals surface area contributed by atoms with Crippen molar-refractivity contribution in [2.75, 3.05) is 33.8 Å². The number of likely N-dealkylation sites (N-methyl/N-ethyl adjacent to an activating group) is 1. The number of aromatic nitrogens is 3. The van der Waals surface area contributed by atoms with Gasteiger partial charge in [-0.05, 0) is 39.6 Å². The van der Waals surface area contributed by atoms with Gasteiger partial charge in [0, 0.05) is 37.0 Å².